The van der Waals surface area contributed by atoms with E-state index in [0.29, 0.717) is 12.2 Å². The van der Waals surface area contributed by atoms with E-state index in [0.717, 1.165) is 0 Å². The lowest BCUT2D eigenvalue weighted by Gasteiger charge is -2.36. The smallest absolute Gasteiger partial charge is 0.328 e. The van der Waals surface area contributed by atoms with Crippen LogP contribution in [0.3, 0.4) is 0 Å². The Kier molecular flexibility index (Phi) is 4.42. The molecule has 0 aliphatic heterocycles. The highest BCUT2D eigenvalue weighted by Crippen LogP contribution is 2.28. The third-order valence-electron chi connectivity index (χ3n) is 3.04. The van der Waals surface area contributed by atoms with Gasteiger partial charge in [0.2, 0.25) is 5.91 Å². The molecule has 0 saturated carbocycles. The molecule has 0 heterocycles. The Bertz CT molecular complexity index is 515. The number of carbonyl (C=O) groups is 2. The van der Waals surface area contributed by atoms with Gasteiger partial charge in [0.1, 0.15) is 5.54 Å². The Hall–Kier alpha value is -1.75. The summed E-state index contributed by atoms with van der Waals surface area (Å²) < 4.78 is 0. The molecule has 6 heteroatoms. The van der Waals surface area contributed by atoms with E-state index in [4.69, 9.17) is 17.3 Å². The first kappa shape index (κ1) is 15.3. The fraction of sp³-hybridized carbons (Fsp3) is 0.385. The Labute approximate surface area is 117 Å². The van der Waals surface area contributed by atoms with Crippen LogP contribution in [-0.4, -0.2) is 29.1 Å². The second-order valence-corrected chi connectivity index (χ2v) is 5.04. The average Bonchev–Trinajstić information content (AvgIpc) is 2.28. The monoisotopic (exact) mass is 284 g/mol. The van der Waals surface area contributed by atoms with Gasteiger partial charge in [0, 0.05) is 12.2 Å². The average molecular weight is 285 g/mol. The molecular weight excluding hydrogens is 268 g/mol. The van der Waals surface area contributed by atoms with E-state index in [1.807, 2.05) is 6.92 Å². The van der Waals surface area contributed by atoms with Crippen molar-refractivity contribution in [1.82, 2.24) is 0 Å². The quantitative estimate of drug-likeness (QED) is 0.867. The Morgan fingerprint density at radius 3 is 2.37 bits per heavy atom. The zero-order valence-corrected chi connectivity index (χ0v) is 11.9. The number of hydrogen-bond donors (Lipinski definition) is 2. The lowest BCUT2D eigenvalue weighted by molar-refractivity contribution is -0.142. The summed E-state index contributed by atoms with van der Waals surface area (Å²) in [4.78, 5) is 24.1. The molecule has 0 fully saturated rings. The third-order valence-corrected chi connectivity index (χ3v) is 3.36. The summed E-state index contributed by atoms with van der Waals surface area (Å²) in [5.74, 6) is -1.55. The molecule has 3 N–H and O–H groups in total. The van der Waals surface area contributed by atoms with Crippen molar-refractivity contribution in [2.45, 2.75) is 26.3 Å². The molecule has 0 spiro atoms. The van der Waals surface area contributed by atoms with Gasteiger partial charge >= 0.3 is 5.97 Å². The molecule has 0 bridgehead atoms. The van der Waals surface area contributed by atoms with Crippen molar-refractivity contribution in [1.29, 1.82) is 0 Å². The van der Waals surface area contributed by atoms with Gasteiger partial charge in [-0.3, -0.25) is 4.79 Å². The van der Waals surface area contributed by atoms with Crippen LogP contribution in [0.2, 0.25) is 5.02 Å². The minimum absolute atomic E-state index is 0.213. The van der Waals surface area contributed by atoms with Gasteiger partial charge in [0.15, 0.2) is 0 Å². The molecule has 1 aromatic rings. The SMILES string of the molecule is CCN(c1ccc(C(N)=O)c(Cl)c1)C(C)(C)C(=O)O. The highest BCUT2D eigenvalue weighted by atomic mass is 35.5. The highest BCUT2D eigenvalue weighted by molar-refractivity contribution is 6.34. The van der Waals surface area contributed by atoms with E-state index in [9.17, 15) is 14.7 Å². The molecule has 0 aliphatic rings. The second kappa shape index (κ2) is 5.48. The van der Waals surface area contributed by atoms with Crippen molar-refractivity contribution in [3.05, 3.63) is 28.8 Å². The number of carboxylic acids is 1. The van der Waals surface area contributed by atoms with E-state index >= 15 is 0 Å². The first-order valence-corrected chi connectivity index (χ1v) is 6.20. The number of hydrogen-bond acceptors (Lipinski definition) is 3. The molecule has 5 nitrogen and oxygen atoms in total. The number of carbonyl (C=O) groups excluding carboxylic acids is 1. The molecular formula is C13H17ClN2O3. The zero-order chi connectivity index (χ0) is 14.8. The van der Waals surface area contributed by atoms with Gasteiger partial charge in [-0.25, -0.2) is 4.79 Å². The summed E-state index contributed by atoms with van der Waals surface area (Å²) in [6.45, 7) is 5.55. The van der Waals surface area contributed by atoms with E-state index in [-0.39, 0.29) is 10.6 Å². The lowest BCUT2D eigenvalue weighted by Crippen LogP contribution is -2.50. The molecule has 1 aromatic carbocycles. The van der Waals surface area contributed by atoms with Crippen LogP contribution < -0.4 is 10.6 Å². The Morgan fingerprint density at radius 1 is 1.42 bits per heavy atom. The van der Waals surface area contributed by atoms with Crippen LogP contribution in [0.25, 0.3) is 0 Å². The summed E-state index contributed by atoms with van der Waals surface area (Å²) in [5, 5.41) is 9.48. The summed E-state index contributed by atoms with van der Waals surface area (Å²) >= 11 is 5.98. The predicted molar refractivity (Wildman–Crippen MR) is 74.7 cm³/mol. The normalized spacial score (nSPS) is 11.2. The van der Waals surface area contributed by atoms with Crippen molar-refractivity contribution in [2.24, 2.45) is 5.73 Å². The molecule has 104 valence electrons. The molecule has 0 unspecified atom stereocenters. The topological polar surface area (TPSA) is 83.6 Å². The Balaban J connectivity index is 3.25. The number of carboxylic acid groups (broad SMARTS) is 1. The number of rotatable bonds is 5. The van der Waals surface area contributed by atoms with Gasteiger partial charge in [-0.05, 0) is 39.0 Å². The van der Waals surface area contributed by atoms with Crippen LogP contribution in [0.4, 0.5) is 5.69 Å². The van der Waals surface area contributed by atoms with Crippen molar-refractivity contribution in [3.63, 3.8) is 0 Å². The van der Waals surface area contributed by atoms with Gasteiger partial charge in [-0.15, -0.1) is 0 Å². The molecule has 1 amide bonds. The number of nitrogens with zero attached hydrogens (tertiary/aromatic N) is 1. The molecule has 19 heavy (non-hydrogen) atoms. The van der Waals surface area contributed by atoms with Crippen LogP contribution in [-0.2, 0) is 4.79 Å². The number of aliphatic carboxylic acids is 1. The molecule has 0 saturated heterocycles. The van der Waals surface area contributed by atoms with Crippen LogP contribution in [0.5, 0.6) is 0 Å². The molecule has 1 rings (SSSR count). The summed E-state index contributed by atoms with van der Waals surface area (Å²) in [6.07, 6.45) is 0. The fourth-order valence-corrected chi connectivity index (χ4v) is 2.16. The second-order valence-electron chi connectivity index (χ2n) is 4.64. The number of anilines is 1. The first-order chi connectivity index (χ1) is 8.71. The predicted octanol–water partition coefficient (Wildman–Crippen LogP) is 2.13. The summed E-state index contributed by atoms with van der Waals surface area (Å²) in [7, 11) is 0. The summed E-state index contributed by atoms with van der Waals surface area (Å²) in [5.41, 5.74) is 4.95. The maximum absolute atomic E-state index is 11.3. The minimum atomic E-state index is -1.08. The van der Waals surface area contributed by atoms with Crippen LogP contribution in [0.15, 0.2) is 18.2 Å². The molecule has 0 atom stereocenters. The number of benzene rings is 1. The largest absolute Gasteiger partial charge is 0.480 e. The minimum Gasteiger partial charge on any atom is -0.480 e. The van der Waals surface area contributed by atoms with Crippen LogP contribution >= 0.6 is 11.6 Å². The van der Waals surface area contributed by atoms with Gasteiger partial charge < -0.3 is 15.7 Å². The number of primary amides is 1. The van der Waals surface area contributed by atoms with E-state index in [1.165, 1.54) is 6.07 Å². The number of halogens is 1. The van der Waals surface area contributed by atoms with Gasteiger partial charge in [0.05, 0.1) is 10.6 Å². The molecule has 0 radical (unpaired) electrons. The number of nitrogens with two attached hydrogens (primary N) is 1. The number of amides is 1. The zero-order valence-electron chi connectivity index (χ0n) is 11.1. The van der Waals surface area contributed by atoms with Crippen LogP contribution in [0, 0.1) is 0 Å². The fourth-order valence-electron chi connectivity index (χ4n) is 1.89. The van der Waals surface area contributed by atoms with E-state index in [1.54, 1.807) is 30.9 Å². The van der Waals surface area contributed by atoms with Gasteiger partial charge in [0.25, 0.3) is 0 Å². The lowest BCUT2D eigenvalue weighted by atomic mass is 10.0. The standard InChI is InChI=1S/C13H17ClN2O3/c1-4-16(13(2,3)12(18)19)8-5-6-9(11(15)17)10(14)7-8/h5-7H,4H2,1-3H3,(H2,15,17)(H,18,19). The van der Waals surface area contributed by atoms with Gasteiger partial charge in [-0.2, -0.15) is 0 Å². The number of likely N-dealkylation sites (N-methyl/N-ethyl adjacent to an activating group) is 1. The maximum atomic E-state index is 11.3. The van der Waals surface area contributed by atoms with Crippen molar-refractivity contribution in [2.75, 3.05) is 11.4 Å². The first-order valence-electron chi connectivity index (χ1n) is 5.82. The molecule has 0 aromatic heterocycles. The molecule has 0 aliphatic carbocycles. The maximum Gasteiger partial charge on any atom is 0.328 e. The van der Waals surface area contributed by atoms with Crippen molar-refractivity contribution >= 4 is 29.2 Å². The van der Waals surface area contributed by atoms with Crippen molar-refractivity contribution in [3.8, 4) is 0 Å². The van der Waals surface area contributed by atoms with E-state index < -0.39 is 17.4 Å². The highest BCUT2D eigenvalue weighted by Gasteiger charge is 2.34. The van der Waals surface area contributed by atoms with Crippen LogP contribution in [0.1, 0.15) is 31.1 Å². The third kappa shape index (κ3) is 2.98. The van der Waals surface area contributed by atoms with E-state index in [2.05, 4.69) is 0 Å². The van der Waals surface area contributed by atoms with Crippen molar-refractivity contribution < 1.29 is 14.7 Å². The van der Waals surface area contributed by atoms with Gasteiger partial charge in [-0.1, -0.05) is 11.6 Å². The Morgan fingerprint density at radius 2 is 2.00 bits per heavy atom. The summed E-state index contributed by atoms with van der Waals surface area (Å²) in [6, 6.07) is 4.69.